The van der Waals surface area contributed by atoms with E-state index in [2.05, 4.69) is 10.1 Å². The Bertz CT molecular complexity index is 496. The average molecular weight is 319 g/mol. The highest BCUT2D eigenvalue weighted by Gasteiger charge is 2.31. The van der Waals surface area contributed by atoms with Gasteiger partial charge in [0.05, 0.1) is 6.10 Å². The van der Waals surface area contributed by atoms with Gasteiger partial charge < -0.3 is 15.2 Å². The highest BCUT2D eigenvalue weighted by atomic mass is 19.4. The van der Waals surface area contributed by atoms with Crippen molar-refractivity contribution in [2.24, 2.45) is 5.41 Å². The Morgan fingerprint density at radius 3 is 2.27 bits per heavy atom. The van der Waals surface area contributed by atoms with E-state index in [4.69, 9.17) is 0 Å². The third-order valence-corrected chi connectivity index (χ3v) is 2.93. The molecule has 0 radical (unpaired) electrons. The minimum absolute atomic E-state index is 0.238. The molecule has 0 bridgehead atoms. The number of ether oxygens (including phenoxy) is 1. The first-order valence-electron chi connectivity index (χ1n) is 6.81. The fraction of sp³-hybridized carbons (Fsp3) is 0.533. The number of carbonyl (C=O) groups excluding carboxylic acids is 1. The Kier molecular flexibility index (Phi) is 5.82. The molecular weight excluding hydrogens is 299 g/mol. The molecule has 0 fully saturated rings. The van der Waals surface area contributed by atoms with Gasteiger partial charge in [0.2, 0.25) is 0 Å². The van der Waals surface area contributed by atoms with Crippen molar-refractivity contribution in [2.75, 3.05) is 6.54 Å². The lowest BCUT2D eigenvalue weighted by atomic mass is 9.87. The second-order valence-corrected chi connectivity index (χ2v) is 5.97. The SMILES string of the molecule is CC(O)CC(C)(C)CNC(=O)c1ccc(OC(F)(F)F)cc1. The number of carbonyl (C=O) groups is 1. The highest BCUT2D eigenvalue weighted by Crippen LogP contribution is 2.23. The Balaban J connectivity index is 2.59. The molecule has 22 heavy (non-hydrogen) atoms. The van der Waals surface area contributed by atoms with Gasteiger partial charge in [-0.3, -0.25) is 4.79 Å². The maximum Gasteiger partial charge on any atom is 0.573 e. The van der Waals surface area contributed by atoms with Crippen LogP contribution < -0.4 is 10.1 Å². The van der Waals surface area contributed by atoms with Crippen molar-refractivity contribution in [3.05, 3.63) is 29.8 Å². The molecule has 1 amide bonds. The third-order valence-electron chi connectivity index (χ3n) is 2.93. The summed E-state index contributed by atoms with van der Waals surface area (Å²) in [6, 6.07) is 4.70. The summed E-state index contributed by atoms with van der Waals surface area (Å²) in [7, 11) is 0. The number of hydrogen-bond acceptors (Lipinski definition) is 3. The summed E-state index contributed by atoms with van der Waals surface area (Å²) in [5.74, 6) is -0.768. The zero-order valence-corrected chi connectivity index (χ0v) is 12.7. The van der Waals surface area contributed by atoms with Crippen LogP contribution in [0.3, 0.4) is 0 Å². The number of aliphatic hydroxyl groups is 1. The van der Waals surface area contributed by atoms with Gasteiger partial charge in [0.1, 0.15) is 5.75 Å². The second kappa shape index (κ2) is 7.00. The van der Waals surface area contributed by atoms with Gasteiger partial charge in [-0.15, -0.1) is 13.2 Å². The maximum atomic E-state index is 12.0. The Morgan fingerprint density at radius 1 is 1.27 bits per heavy atom. The molecular formula is C15H20F3NO3. The normalized spacial score (nSPS) is 13.6. The molecule has 124 valence electrons. The second-order valence-electron chi connectivity index (χ2n) is 5.97. The van der Waals surface area contributed by atoms with Crippen LogP contribution in [0.25, 0.3) is 0 Å². The molecule has 1 aromatic rings. The van der Waals surface area contributed by atoms with E-state index in [9.17, 15) is 23.1 Å². The molecule has 1 rings (SSSR count). The number of benzene rings is 1. The molecule has 1 atom stereocenters. The van der Waals surface area contributed by atoms with Gasteiger partial charge in [-0.1, -0.05) is 13.8 Å². The molecule has 2 N–H and O–H groups in total. The van der Waals surface area contributed by atoms with E-state index in [-0.39, 0.29) is 16.7 Å². The predicted octanol–water partition coefficient (Wildman–Crippen LogP) is 3.11. The van der Waals surface area contributed by atoms with E-state index in [0.29, 0.717) is 13.0 Å². The van der Waals surface area contributed by atoms with Crippen molar-refractivity contribution in [3.63, 3.8) is 0 Å². The number of nitrogens with one attached hydrogen (secondary N) is 1. The highest BCUT2D eigenvalue weighted by molar-refractivity contribution is 5.94. The van der Waals surface area contributed by atoms with E-state index in [1.165, 1.54) is 12.1 Å². The molecule has 1 aromatic carbocycles. The molecule has 0 aliphatic rings. The molecule has 0 aliphatic heterocycles. The Labute approximate surface area is 127 Å². The van der Waals surface area contributed by atoms with E-state index in [0.717, 1.165) is 12.1 Å². The summed E-state index contributed by atoms with van der Waals surface area (Å²) >= 11 is 0. The maximum absolute atomic E-state index is 12.0. The van der Waals surface area contributed by atoms with E-state index < -0.39 is 18.4 Å². The Morgan fingerprint density at radius 2 is 1.82 bits per heavy atom. The van der Waals surface area contributed by atoms with Crippen molar-refractivity contribution in [1.82, 2.24) is 5.32 Å². The summed E-state index contributed by atoms with van der Waals surface area (Å²) in [6.07, 6.45) is -4.72. The predicted molar refractivity (Wildman–Crippen MR) is 75.5 cm³/mol. The fourth-order valence-corrected chi connectivity index (χ4v) is 2.10. The van der Waals surface area contributed by atoms with Crippen LogP contribution in [0, 0.1) is 5.41 Å². The van der Waals surface area contributed by atoms with Crippen LogP contribution in [0.1, 0.15) is 37.6 Å². The van der Waals surface area contributed by atoms with E-state index >= 15 is 0 Å². The molecule has 0 aromatic heterocycles. The van der Waals surface area contributed by atoms with Gasteiger partial charge in [0.25, 0.3) is 5.91 Å². The average Bonchev–Trinajstić information content (AvgIpc) is 2.33. The lowest BCUT2D eigenvalue weighted by molar-refractivity contribution is -0.274. The van der Waals surface area contributed by atoms with Crippen LogP contribution in [0.2, 0.25) is 0 Å². The van der Waals surface area contributed by atoms with Gasteiger partial charge in [-0.25, -0.2) is 0 Å². The topological polar surface area (TPSA) is 58.6 Å². The first kappa shape index (κ1) is 18.3. The van der Waals surface area contributed by atoms with E-state index in [1.807, 2.05) is 13.8 Å². The van der Waals surface area contributed by atoms with Gasteiger partial charge in [0.15, 0.2) is 0 Å². The minimum Gasteiger partial charge on any atom is -0.406 e. The zero-order valence-electron chi connectivity index (χ0n) is 12.7. The summed E-state index contributed by atoms with van der Waals surface area (Å²) in [5, 5.41) is 12.1. The summed E-state index contributed by atoms with van der Waals surface area (Å²) in [5.41, 5.74) is -0.0502. The molecule has 1 unspecified atom stereocenters. The monoisotopic (exact) mass is 319 g/mol. The number of alkyl halides is 3. The first-order valence-corrected chi connectivity index (χ1v) is 6.81. The molecule has 4 nitrogen and oxygen atoms in total. The van der Waals surface area contributed by atoms with Gasteiger partial charge in [-0.05, 0) is 43.0 Å². The molecule has 7 heteroatoms. The van der Waals surface area contributed by atoms with Crippen molar-refractivity contribution < 1.29 is 27.8 Å². The minimum atomic E-state index is -4.76. The number of hydrogen-bond donors (Lipinski definition) is 2. The van der Waals surface area contributed by atoms with Crippen LogP contribution in [0.5, 0.6) is 5.75 Å². The number of amides is 1. The van der Waals surface area contributed by atoms with Crippen molar-refractivity contribution in [1.29, 1.82) is 0 Å². The van der Waals surface area contributed by atoms with E-state index in [1.54, 1.807) is 6.92 Å². The number of aliphatic hydroxyl groups excluding tert-OH is 1. The Hall–Kier alpha value is -1.76. The molecule has 0 saturated carbocycles. The van der Waals surface area contributed by atoms with Crippen molar-refractivity contribution >= 4 is 5.91 Å². The molecule has 0 aliphatic carbocycles. The van der Waals surface area contributed by atoms with Gasteiger partial charge in [0, 0.05) is 12.1 Å². The summed E-state index contributed by atoms with van der Waals surface area (Å²) in [4.78, 5) is 11.9. The van der Waals surface area contributed by atoms with Crippen LogP contribution in [-0.2, 0) is 0 Å². The zero-order chi connectivity index (χ0) is 17.0. The van der Waals surface area contributed by atoms with Crippen molar-refractivity contribution in [2.45, 2.75) is 39.7 Å². The standard InChI is InChI=1S/C15H20F3NO3/c1-10(20)8-14(2,3)9-19-13(21)11-4-6-12(7-5-11)22-15(16,17)18/h4-7,10,20H,8-9H2,1-3H3,(H,19,21). The lowest BCUT2D eigenvalue weighted by Crippen LogP contribution is -2.35. The van der Waals surface area contributed by atoms with Crippen molar-refractivity contribution in [3.8, 4) is 5.75 Å². The van der Waals surface area contributed by atoms with Gasteiger partial charge in [-0.2, -0.15) is 0 Å². The van der Waals surface area contributed by atoms with Crippen LogP contribution in [0.15, 0.2) is 24.3 Å². The van der Waals surface area contributed by atoms with Crippen LogP contribution in [0.4, 0.5) is 13.2 Å². The lowest BCUT2D eigenvalue weighted by Gasteiger charge is -2.26. The number of halogens is 3. The quantitative estimate of drug-likeness (QED) is 0.847. The van der Waals surface area contributed by atoms with Gasteiger partial charge >= 0.3 is 6.36 Å². The fourth-order valence-electron chi connectivity index (χ4n) is 2.10. The summed E-state index contributed by atoms with van der Waals surface area (Å²) < 4.78 is 39.8. The third kappa shape index (κ3) is 6.80. The molecule has 0 spiro atoms. The number of rotatable bonds is 6. The smallest absolute Gasteiger partial charge is 0.406 e. The van der Waals surface area contributed by atoms with Crippen LogP contribution >= 0.6 is 0 Å². The molecule has 0 saturated heterocycles. The van der Waals surface area contributed by atoms with Crippen LogP contribution in [-0.4, -0.2) is 30.0 Å². The summed E-state index contributed by atoms with van der Waals surface area (Å²) in [6.45, 7) is 5.82. The largest absolute Gasteiger partial charge is 0.573 e. The first-order chi connectivity index (χ1) is 9.98. The molecule has 0 heterocycles.